The summed E-state index contributed by atoms with van der Waals surface area (Å²) in [5.74, 6) is 0.177. The highest BCUT2D eigenvalue weighted by atomic mass is 16.5. The van der Waals surface area contributed by atoms with Gasteiger partial charge in [-0.15, -0.1) is 5.73 Å². The van der Waals surface area contributed by atoms with E-state index < -0.39 is 12.2 Å². The monoisotopic (exact) mass is 354 g/mol. The molecule has 2 atom stereocenters. The van der Waals surface area contributed by atoms with E-state index >= 15 is 0 Å². The Balaban J connectivity index is 1.73. The van der Waals surface area contributed by atoms with Gasteiger partial charge in [-0.2, -0.15) is 0 Å². The summed E-state index contributed by atoms with van der Waals surface area (Å²) in [7, 11) is 0. The zero-order chi connectivity index (χ0) is 18.8. The van der Waals surface area contributed by atoms with E-state index in [9.17, 15) is 15.3 Å². The van der Waals surface area contributed by atoms with Gasteiger partial charge in [-0.3, -0.25) is 0 Å². The average molecular weight is 354 g/mol. The molecule has 0 spiro atoms. The summed E-state index contributed by atoms with van der Waals surface area (Å²) in [5.41, 5.74) is 5.82. The summed E-state index contributed by atoms with van der Waals surface area (Å²) >= 11 is 0. The highest BCUT2D eigenvalue weighted by molar-refractivity contribution is 5.27. The molecule has 0 amide bonds. The Hall–Kier alpha value is -2.36. The number of phenolic OH excluding ortho intramolecular Hbond substituents is 1. The Bertz CT molecular complexity index is 716. The van der Waals surface area contributed by atoms with Gasteiger partial charge >= 0.3 is 0 Å². The molecule has 0 aliphatic heterocycles. The fourth-order valence-electron chi connectivity index (χ4n) is 2.54. The van der Waals surface area contributed by atoms with E-state index in [0.717, 1.165) is 16.7 Å². The summed E-state index contributed by atoms with van der Waals surface area (Å²) in [6, 6.07) is 16.3. The molecular formula is C22H26O4. The van der Waals surface area contributed by atoms with Crippen molar-refractivity contribution in [3.63, 3.8) is 0 Å². The van der Waals surface area contributed by atoms with Gasteiger partial charge in [0.2, 0.25) is 0 Å². The van der Waals surface area contributed by atoms with Crippen molar-refractivity contribution < 1.29 is 20.1 Å². The van der Waals surface area contributed by atoms with Gasteiger partial charge < -0.3 is 20.1 Å². The van der Waals surface area contributed by atoms with E-state index in [2.05, 4.69) is 5.73 Å². The third-order valence-corrected chi connectivity index (χ3v) is 3.93. The molecule has 0 aromatic heterocycles. The molecule has 0 bridgehead atoms. The van der Waals surface area contributed by atoms with E-state index in [1.54, 1.807) is 30.3 Å². The van der Waals surface area contributed by atoms with Crippen LogP contribution in [0.15, 0.2) is 72.0 Å². The molecule has 0 saturated heterocycles. The fourth-order valence-corrected chi connectivity index (χ4v) is 2.54. The first-order valence-corrected chi connectivity index (χ1v) is 8.72. The molecule has 0 saturated carbocycles. The number of aromatic hydroxyl groups is 1. The molecule has 4 nitrogen and oxygen atoms in total. The standard InChI is InChI=1S/C22H26O4/c1-17(6-5-9-22(25)19-10-12-20(23)13-11-19)14-21(24)16-26-15-18-7-3-2-4-8-18/h2-5,7-8,10-13,21-25H,9,14-16H2,1H3/t6?,21-,22-/m1/s1. The van der Waals surface area contributed by atoms with E-state index in [4.69, 9.17) is 4.74 Å². The molecule has 0 heterocycles. The van der Waals surface area contributed by atoms with Crippen molar-refractivity contribution in [2.45, 2.75) is 38.6 Å². The second kappa shape index (κ2) is 10.6. The number of aliphatic hydroxyl groups is 2. The van der Waals surface area contributed by atoms with Gasteiger partial charge in [0.15, 0.2) is 0 Å². The molecule has 2 aromatic carbocycles. The predicted octanol–water partition coefficient (Wildman–Crippen LogP) is 3.88. The fraction of sp³-hybridized carbons (Fsp3) is 0.318. The van der Waals surface area contributed by atoms with Crippen LogP contribution in [0.5, 0.6) is 5.75 Å². The Labute approximate surface area is 154 Å². The molecule has 0 aliphatic carbocycles. The van der Waals surface area contributed by atoms with Crippen LogP contribution in [0.25, 0.3) is 0 Å². The van der Waals surface area contributed by atoms with Crippen molar-refractivity contribution >= 4 is 0 Å². The predicted molar refractivity (Wildman–Crippen MR) is 102 cm³/mol. The van der Waals surface area contributed by atoms with E-state index in [1.807, 2.05) is 37.3 Å². The van der Waals surface area contributed by atoms with Gasteiger partial charge in [-0.25, -0.2) is 0 Å². The van der Waals surface area contributed by atoms with Gasteiger partial charge in [0.1, 0.15) is 5.75 Å². The SMILES string of the molecule is CC(=C=CC[C@@H](O)c1ccc(O)cc1)C[C@@H](O)COCc1ccccc1. The Morgan fingerprint density at radius 1 is 1.08 bits per heavy atom. The summed E-state index contributed by atoms with van der Waals surface area (Å²) in [4.78, 5) is 0. The lowest BCUT2D eigenvalue weighted by atomic mass is 10.1. The summed E-state index contributed by atoms with van der Waals surface area (Å²) < 4.78 is 5.53. The number of hydrogen-bond acceptors (Lipinski definition) is 4. The van der Waals surface area contributed by atoms with Gasteiger partial charge in [0.05, 0.1) is 25.4 Å². The first-order valence-electron chi connectivity index (χ1n) is 8.72. The van der Waals surface area contributed by atoms with E-state index in [-0.39, 0.29) is 12.4 Å². The van der Waals surface area contributed by atoms with Crippen LogP contribution in [0, 0.1) is 0 Å². The zero-order valence-electron chi connectivity index (χ0n) is 15.0. The Morgan fingerprint density at radius 3 is 2.46 bits per heavy atom. The largest absolute Gasteiger partial charge is 0.508 e. The highest BCUT2D eigenvalue weighted by Crippen LogP contribution is 2.19. The number of rotatable bonds is 9. The van der Waals surface area contributed by atoms with Gasteiger partial charge in [0.25, 0.3) is 0 Å². The van der Waals surface area contributed by atoms with Gasteiger partial charge in [0, 0.05) is 12.8 Å². The smallest absolute Gasteiger partial charge is 0.115 e. The third kappa shape index (κ3) is 7.26. The molecule has 2 aromatic rings. The molecule has 138 valence electrons. The maximum Gasteiger partial charge on any atom is 0.115 e. The molecule has 26 heavy (non-hydrogen) atoms. The maximum absolute atomic E-state index is 10.1. The molecular weight excluding hydrogens is 328 g/mol. The third-order valence-electron chi connectivity index (χ3n) is 3.93. The first-order chi connectivity index (χ1) is 12.5. The molecule has 0 aliphatic rings. The summed E-state index contributed by atoms with van der Waals surface area (Å²) in [6.45, 7) is 2.64. The van der Waals surface area contributed by atoms with Crippen LogP contribution in [0.4, 0.5) is 0 Å². The second-order valence-corrected chi connectivity index (χ2v) is 6.33. The lowest BCUT2D eigenvalue weighted by Crippen LogP contribution is -2.15. The molecule has 0 radical (unpaired) electrons. The number of benzene rings is 2. The Morgan fingerprint density at radius 2 is 1.77 bits per heavy atom. The number of phenols is 1. The average Bonchev–Trinajstić information content (AvgIpc) is 2.63. The van der Waals surface area contributed by atoms with Gasteiger partial charge in [-0.1, -0.05) is 42.5 Å². The maximum atomic E-state index is 10.1. The van der Waals surface area contributed by atoms with E-state index in [0.29, 0.717) is 19.4 Å². The number of ether oxygens (including phenoxy) is 1. The van der Waals surface area contributed by atoms with Gasteiger partial charge in [-0.05, 0) is 41.8 Å². The minimum Gasteiger partial charge on any atom is -0.508 e. The quantitative estimate of drug-likeness (QED) is 0.598. The van der Waals surface area contributed by atoms with Crippen molar-refractivity contribution in [1.82, 2.24) is 0 Å². The van der Waals surface area contributed by atoms with Crippen LogP contribution >= 0.6 is 0 Å². The molecule has 0 fully saturated rings. The van der Waals surface area contributed by atoms with Crippen LogP contribution < -0.4 is 0 Å². The molecule has 2 rings (SSSR count). The normalized spacial score (nSPS) is 12.9. The van der Waals surface area contributed by atoms with Crippen LogP contribution in [-0.2, 0) is 11.3 Å². The van der Waals surface area contributed by atoms with E-state index in [1.165, 1.54) is 0 Å². The van der Waals surface area contributed by atoms with Crippen molar-refractivity contribution in [1.29, 1.82) is 0 Å². The second-order valence-electron chi connectivity index (χ2n) is 6.33. The zero-order valence-corrected chi connectivity index (χ0v) is 15.0. The first kappa shape index (κ1) is 20.0. The van der Waals surface area contributed by atoms with Crippen molar-refractivity contribution in [3.05, 3.63) is 83.1 Å². The van der Waals surface area contributed by atoms with Crippen LogP contribution in [0.3, 0.4) is 0 Å². The van der Waals surface area contributed by atoms with Crippen LogP contribution in [0.1, 0.15) is 37.0 Å². The minimum atomic E-state index is -0.643. The Kier molecular flexibility index (Phi) is 8.13. The molecule has 3 N–H and O–H groups in total. The lowest BCUT2D eigenvalue weighted by Gasteiger charge is -2.11. The topological polar surface area (TPSA) is 69.9 Å². The number of hydrogen-bond donors (Lipinski definition) is 3. The minimum absolute atomic E-state index is 0.177. The van der Waals surface area contributed by atoms with Crippen LogP contribution in [-0.4, -0.2) is 28.0 Å². The summed E-state index contributed by atoms with van der Waals surface area (Å²) in [5, 5.41) is 29.4. The van der Waals surface area contributed by atoms with Crippen molar-refractivity contribution in [3.8, 4) is 5.75 Å². The number of aliphatic hydroxyl groups excluding tert-OH is 2. The van der Waals surface area contributed by atoms with Crippen molar-refractivity contribution in [2.75, 3.05) is 6.61 Å². The highest BCUT2D eigenvalue weighted by Gasteiger charge is 2.07. The molecule has 4 heteroatoms. The molecule has 0 unspecified atom stereocenters. The van der Waals surface area contributed by atoms with Crippen molar-refractivity contribution in [2.24, 2.45) is 0 Å². The summed E-state index contributed by atoms with van der Waals surface area (Å²) in [6.07, 6.45) is 1.44. The lowest BCUT2D eigenvalue weighted by molar-refractivity contribution is 0.0289. The van der Waals surface area contributed by atoms with Crippen LogP contribution in [0.2, 0.25) is 0 Å².